The molecule has 1 saturated heterocycles. The monoisotopic (exact) mass is 391 g/mol. The summed E-state index contributed by atoms with van der Waals surface area (Å²) in [7, 11) is -1.83. The van der Waals surface area contributed by atoms with Crippen molar-refractivity contribution in [2.75, 3.05) is 38.0 Å². The molecule has 3 rings (SSSR count). The maximum Gasteiger partial charge on any atom is 0.246 e. The molecule has 0 saturated carbocycles. The third kappa shape index (κ3) is 4.20. The van der Waals surface area contributed by atoms with E-state index in [4.69, 9.17) is 0 Å². The first-order chi connectivity index (χ1) is 12.8. The zero-order valence-corrected chi connectivity index (χ0v) is 16.7. The fraction of sp³-hybridized carbons (Fsp3) is 0.444. The largest absolute Gasteiger partial charge is 0.325 e. The van der Waals surface area contributed by atoms with Crippen LogP contribution < -0.4 is 5.32 Å². The first-order valence-electron chi connectivity index (χ1n) is 8.85. The molecular weight excluding hydrogens is 366 g/mol. The third-order valence-electron chi connectivity index (χ3n) is 4.93. The van der Waals surface area contributed by atoms with E-state index in [2.05, 4.69) is 10.4 Å². The van der Waals surface area contributed by atoms with Crippen LogP contribution in [0.25, 0.3) is 0 Å². The van der Waals surface area contributed by atoms with Crippen LogP contribution in [0.15, 0.2) is 35.4 Å². The Bertz CT molecular complexity index is 930. The van der Waals surface area contributed by atoms with E-state index in [1.807, 2.05) is 36.1 Å². The molecule has 0 bridgehead atoms. The van der Waals surface area contributed by atoms with E-state index in [1.165, 1.54) is 10.5 Å². The topological polar surface area (TPSA) is 87.5 Å². The molecule has 1 aliphatic rings. The SMILES string of the molecule is Cc1ccccc1NC(=O)CN1CCN(S(=O)(=O)c2cnn(C)c2C)CC1. The van der Waals surface area contributed by atoms with Gasteiger partial charge in [-0.3, -0.25) is 14.4 Å². The lowest BCUT2D eigenvalue weighted by molar-refractivity contribution is -0.117. The Labute approximate surface area is 159 Å². The van der Waals surface area contributed by atoms with Gasteiger partial charge in [-0.25, -0.2) is 8.42 Å². The minimum atomic E-state index is -3.56. The van der Waals surface area contributed by atoms with Crippen molar-refractivity contribution in [3.63, 3.8) is 0 Å². The lowest BCUT2D eigenvalue weighted by Gasteiger charge is -2.33. The molecule has 0 radical (unpaired) electrons. The fourth-order valence-electron chi connectivity index (χ4n) is 3.10. The lowest BCUT2D eigenvalue weighted by Crippen LogP contribution is -2.50. The average molecular weight is 391 g/mol. The average Bonchev–Trinajstić information content (AvgIpc) is 2.97. The molecule has 146 valence electrons. The van der Waals surface area contributed by atoms with Crippen LogP contribution >= 0.6 is 0 Å². The zero-order valence-electron chi connectivity index (χ0n) is 15.8. The normalized spacial score (nSPS) is 16.4. The molecule has 0 unspecified atom stereocenters. The van der Waals surface area contributed by atoms with Crippen LogP contribution in [0, 0.1) is 13.8 Å². The molecule has 8 nitrogen and oxygen atoms in total. The molecule has 1 aromatic heterocycles. The Morgan fingerprint density at radius 1 is 1.15 bits per heavy atom. The van der Waals surface area contributed by atoms with Gasteiger partial charge in [0.2, 0.25) is 15.9 Å². The standard InChI is InChI=1S/C18H25N5O3S/c1-14-6-4-5-7-16(14)20-18(24)13-22-8-10-23(11-9-22)27(25,26)17-12-19-21(3)15(17)2/h4-7,12H,8-11,13H2,1-3H3,(H,20,24). The smallest absolute Gasteiger partial charge is 0.246 e. The van der Waals surface area contributed by atoms with Crippen molar-refractivity contribution in [1.82, 2.24) is 19.0 Å². The number of para-hydroxylation sites is 1. The van der Waals surface area contributed by atoms with Crippen molar-refractivity contribution in [1.29, 1.82) is 0 Å². The van der Waals surface area contributed by atoms with Crippen LogP contribution in [0.2, 0.25) is 0 Å². The van der Waals surface area contributed by atoms with E-state index < -0.39 is 10.0 Å². The van der Waals surface area contributed by atoms with Gasteiger partial charge in [-0.2, -0.15) is 9.40 Å². The number of aryl methyl sites for hydroxylation is 2. The second-order valence-corrected chi connectivity index (χ2v) is 8.67. The second kappa shape index (κ2) is 7.79. The minimum Gasteiger partial charge on any atom is -0.325 e. The van der Waals surface area contributed by atoms with Gasteiger partial charge in [-0.15, -0.1) is 0 Å². The van der Waals surface area contributed by atoms with Gasteiger partial charge in [0.1, 0.15) is 4.90 Å². The number of amides is 1. The molecule has 2 heterocycles. The predicted octanol–water partition coefficient (Wildman–Crippen LogP) is 0.982. The Morgan fingerprint density at radius 3 is 2.41 bits per heavy atom. The van der Waals surface area contributed by atoms with E-state index in [0.29, 0.717) is 31.9 Å². The summed E-state index contributed by atoms with van der Waals surface area (Å²) >= 11 is 0. The second-order valence-electron chi connectivity index (χ2n) is 6.76. The number of carbonyl (C=O) groups is 1. The van der Waals surface area contributed by atoms with Gasteiger partial charge >= 0.3 is 0 Å². The minimum absolute atomic E-state index is 0.0938. The van der Waals surface area contributed by atoms with Crippen molar-refractivity contribution in [2.24, 2.45) is 7.05 Å². The van der Waals surface area contributed by atoms with Gasteiger partial charge < -0.3 is 5.32 Å². The third-order valence-corrected chi connectivity index (χ3v) is 6.93. The van der Waals surface area contributed by atoms with Crippen LogP contribution in [-0.2, 0) is 21.9 Å². The first kappa shape index (κ1) is 19.5. The zero-order chi connectivity index (χ0) is 19.6. The fourth-order valence-corrected chi connectivity index (χ4v) is 4.71. The summed E-state index contributed by atoms with van der Waals surface area (Å²) in [5.74, 6) is -0.0938. The van der Waals surface area contributed by atoms with E-state index in [1.54, 1.807) is 18.7 Å². The molecule has 1 aromatic carbocycles. The number of benzene rings is 1. The highest BCUT2D eigenvalue weighted by Crippen LogP contribution is 2.20. The predicted molar refractivity (Wildman–Crippen MR) is 103 cm³/mol. The van der Waals surface area contributed by atoms with Gasteiger partial charge in [0, 0.05) is 38.9 Å². The number of hydrogen-bond acceptors (Lipinski definition) is 5. The Morgan fingerprint density at radius 2 is 1.81 bits per heavy atom. The highest BCUT2D eigenvalue weighted by molar-refractivity contribution is 7.89. The number of nitrogens with zero attached hydrogens (tertiary/aromatic N) is 4. The summed E-state index contributed by atoms with van der Waals surface area (Å²) in [5.41, 5.74) is 2.43. The number of sulfonamides is 1. The molecular formula is C18H25N5O3S. The van der Waals surface area contributed by atoms with E-state index in [0.717, 1.165) is 11.3 Å². The van der Waals surface area contributed by atoms with Crippen LogP contribution in [0.3, 0.4) is 0 Å². The molecule has 0 atom stereocenters. The molecule has 0 aliphatic carbocycles. The van der Waals surface area contributed by atoms with E-state index in [9.17, 15) is 13.2 Å². The Hall–Kier alpha value is -2.23. The number of anilines is 1. The van der Waals surface area contributed by atoms with Crippen molar-refractivity contribution in [3.05, 3.63) is 41.7 Å². The number of rotatable bonds is 5. The Balaban J connectivity index is 1.56. The highest BCUT2D eigenvalue weighted by atomic mass is 32.2. The molecule has 0 spiro atoms. The van der Waals surface area contributed by atoms with Crippen LogP contribution in [0.5, 0.6) is 0 Å². The lowest BCUT2D eigenvalue weighted by atomic mass is 10.2. The van der Waals surface area contributed by atoms with E-state index in [-0.39, 0.29) is 17.3 Å². The highest BCUT2D eigenvalue weighted by Gasteiger charge is 2.31. The van der Waals surface area contributed by atoms with Crippen molar-refractivity contribution < 1.29 is 13.2 Å². The number of hydrogen-bond donors (Lipinski definition) is 1. The van der Waals surface area contributed by atoms with Gasteiger partial charge in [0.15, 0.2) is 0 Å². The van der Waals surface area contributed by atoms with Gasteiger partial charge in [-0.1, -0.05) is 18.2 Å². The molecule has 1 aliphatic heterocycles. The summed E-state index contributed by atoms with van der Waals surface area (Å²) in [5, 5.41) is 6.94. The van der Waals surface area contributed by atoms with Crippen LogP contribution in [0.1, 0.15) is 11.3 Å². The summed E-state index contributed by atoms with van der Waals surface area (Å²) < 4.78 is 28.6. The maximum absolute atomic E-state index is 12.8. The number of piperazine rings is 1. The summed E-state index contributed by atoms with van der Waals surface area (Å²) in [4.78, 5) is 14.5. The van der Waals surface area contributed by atoms with E-state index >= 15 is 0 Å². The number of aromatic nitrogens is 2. The summed E-state index contributed by atoms with van der Waals surface area (Å²) in [6.45, 7) is 5.67. The maximum atomic E-state index is 12.8. The molecule has 9 heteroatoms. The van der Waals surface area contributed by atoms with Crippen molar-refractivity contribution in [3.8, 4) is 0 Å². The summed E-state index contributed by atoms with van der Waals surface area (Å²) in [6.07, 6.45) is 1.40. The summed E-state index contributed by atoms with van der Waals surface area (Å²) in [6, 6.07) is 7.62. The molecule has 1 amide bonds. The molecule has 1 N–H and O–H groups in total. The van der Waals surface area contributed by atoms with Crippen LogP contribution in [0.4, 0.5) is 5.69 Å². The van der Waals surface area contributed by atoms with Crippen LogP contribution in [-0.4, -0.2) is 66.0 Å². The molecule has 27 heavy (non-hydrogen) atoms. The van der Waals surface area contributed by atoms with Crippen molar-refractivity contribution >= 4 is 21.6 Å². The number of nitrogens with one attached hydrogen (secondary N) is 1. The van der Waals surface area contributed by atoms with Crippen molar-refractivity contribution in [2.45, 2.75) is 18.7 Å². The first-order valence-corrected chi connectivity index (χ1v) is 10.3. The number of carbonyl (C=O) groups excluding carboxylic acids is 1. The van der Waals surface area contributed by atoms with Gasteiger partial charge in [0.05, 0.1) is 18.4 Å². The van der Waals surface area contributed by atoms with Gasteiger partial charge in [-0.05, 0) is 25.5 Å². The quantitative estimate of drug-likeness (QED) is 0.821. The molecule has 1 fully saturated rings. The van der Waals surface area contributed by atoms with Gasteiger partial charge in [0.25, 0.3) is 0 Å². The molecule has 2 aromatic rings. The Kier molecular flexibility index (Phi) is 5.64.